The normalized spacial score (nSPS) is 19.6. The van der Waals surface area contributed by atoms with Crippen LogP contribution in [0.2, 0.25) is 5.02 Å². The first-order chi connectivity index (χ1) is 13.3. The van der Waals surface area contributed by atoms with Crippen LogP contribution in [0.5, 0.6) is 0 Å². The van der Waals surface area contributed by atoms with Crippen LogP contribution >= 0.6 is 11.6 Å². The molecule has 3 nitrogen and oxygen atoms in total. The predicted molar refractivity (Wildman–Crippen MR) is 119 cm³/mol. The van der Waals surface area contributed by atoms with Crippen molar-refractivity contribution in [2.75, 3.05) is 11.9 Å². The van der Waals surface area contributed by atoms with E-state index in [2.05, 4.69) is 73.3 Å². The second-order valence-corrected chi connectivity index (χ2v) is 8.27. The van der Waals surface area contributed by atoms with Crippen LogP contribution in [-0.4, -0.2) is 18.8 Å². The van der Waals surface area contributed by atoms with Gasteiger partial charge in [-0.05, 0) is 60.9 Å². The standard InChI is InChI=1S/C24H26ClN3/c1-17(6-5-15-26)27-20-11-7-18(8-12-20)9-14-23-24(2,3)21-16-19(25)10-13-22(21)28(23)4/h7-14,16-17H,5-6H2,1-4H3. The van der Waals surface area contributed by atoms with Crippen LogP contribution in [0.15, 0.2) is 70.9 Å². The van der Waals surface area contributed by atoms with Gasteiger partial charge in [-0.1, -0.05) is 43.7 Å². The Labute approximate surface area is 173 Å². The molecule has 4 heteroatoms. The van der Waals surface area contributed by atoms with Crippen molar-refractivity contribution in [3.05, 3.63) is 76.5 Å². The summed E-state index contributed by atoms with van der Waals surface area (Å²) in [5.41, 5.74) is 5.68. The van der Waals surface area contributed by atoms with E-state index in [0.717, 1.165) is 22.7 Å². The van der Waals surface area contributed by atoms with Crippen LogP contribution in [0.25, 0.3) is 0 Å². The average molecular weight is 392 g/mol. The average Bonchev–Trinajstić information content (AvgIpc) is 2.85. The van der Waals surface area contributed by atoms with Crippen molar-refractivity contribution in [3.63, 3.8) is 0 Å². The van der Waals surface area contributed by atoms with Crippen LogP contribution < -0.4 is 4.90 Å². The van der Waals surface area contributed by atoms with Gasteiger partial charge < -0.3 is 4.90 Å². The number of likely N-dealkylation sites (N-methyl/N-ethyl adjacent to an activating group) is 1. The molecule has 1 aromatic carbocycles. The number of benzene rings is 1. The first-order valence-electron chi connectivity index (χ1n) is 9.60. The first-order valence-corrected chi connectivity index (χ1v) is 9.98. The lowest BCUT2D eigenvalue weighted by atomic mass is 9.83. The maximum atomic E-state index is 8.68. The minimum absolute atomic E-state index is 0.100. The van der Waals surface area contributed by atoms with E-state index in [9.17, 15) is 0 Å². The van der Waals surface area contributed by atoms with E-state index in [0.29, 0.717) is 6.42 Å². The zero-order valence-electron chi connectivity index (χ0n) is 16.9. The predicted octanol–water partition coefficient (Wildman–Crippen LogP) is 6.14. The molecule has 0 radical (unpaired) electrons. The molecule has 0 aromatic heterocycles. The molecule has 1 aliphatic carbocycles. The fourth-order valence-corrected chi connectivity index (χ4v) is 3.92. The highest BCUT2D eigenvalue weighted by atomic mass is 35.5. The van der Waals surface area contributed by atoms with E-state index in [1.54, 1.807) is 0 Å². The van der Waals surface area contributed by atoms with Crippen LogP contribution in [0.1, 0.15) is 39.2 Å². The second kappa shape index (κ2) is 8.20. The highest BCUT2D eigenvalue weighted by Crippen LogP contribution is 2.47. The second-order valence-electron chi connectivity index (χ2n) is 7.83. The lowest BCUT2D eigenvalue weighted by Gasteiger charge is -2.23. The SMILES string of the molecule is CC(CCC#N)N=C1C=CC(=CC=C2N(C)c3ccc(Cl)cc3C2(C)C)C=C1. The van der Waals surface area contributed by atoms with E-state index < -0.39 is 0 Å². The van der Waals surface area contributed by atoms with E-state index in [1.807, 2.05) is 25.1 Å². The Morgan fingerprint density at radius 1 is 1.21 bits per heavy atom. The molecule has 0 amide bonds. The van der Waals surface area contributed by atoms with E-state index in [4.69, 9.17) is 16.9 Å². The van der Waals surface area contributed by atoms with Crippen LogP contribution in [-0.2, 0) is 5.41 Å². The molecule has 0 spiro atoms. The number of allylic oxidation sites excluding steroid dienone is 8. The fraction of sp³-hybridized carbons (Fsp3) is 0.333. The maximum absolute atomic E-state index is 8.68. The number of halogens is 1. The third-order valence-electron chi connectivity index (χ3n) is 5.37. The lowest BCUT2D eigenvalue weighted by Crippen LogP contribution is -2.22. The topological polar surface area (TPSA) is 39.4 Å². The molecule has 0 bridgehead atoms. The van der Waals surface area contributed by atoms with Gasteiger partial charge in [-0.2, -0.15) is 5.26 Å². The number of nitriles is 1. The van der Waals surface area contributed by atoms with Gasteiger partial charge in [0.1, 0.15) is 0 Å². The minimum Gasteiger partial charge on any atom is -0.347 e. The summed E-state index contributed by atoms with van der Waals surface area (Å²) < 4.78 is 0. The molecule has 0 saturated heterocycles. The molecule has 1 atom stereocenters. The summed E-state index contributed by atoms with van der Waals surface area (Å²) in [7, 11) is 2.10. The zero-order chi connectivity index (χ0) is 20.3. The fourth-order valence-electron chi connectivity index (χ4n) is 3.75. The van der Waals surface area contributed by atoms with Crippen molar-refractivity contribution < 1.29 is 0 Å². The third-order valence-corrected chi connectivity index (χ3v) is 5.60. The number of nitrogens with zero attached hydrogens (tertiary/aromatic N) is 3. The summed E-state index contributed by atoms with van der Waals surface area (Å²) in [5.74, 6) is 0. The Balaban J connectivity index is 1.78. The quantitative estimate of drug-likeness (QED) is 0.618. The van der Waals surface area contributed by atoms with Gasteiger partial charge >= 0.3 is 0 Å². The van der Waals surface area contributed by atoms with Crippen molar-refractivity contribution >= 4 is 23.0 Å². The number of rotatable bonds is 4. The number of hydrogen-bond acceptors (Lipinski definition) is 3. The van der Waals surface area contributed by atoms with Crippen LogP contribution in [0.4, 0.5) is 5.69 Å². The zero-order valence-corrected chi connectivity index (χ0v) is 17.7. The highest BCUT2D eigenvalue weighted by Gasteiger charge is 2.38. The van der Waals surface area contributed by atoms with Crippen molar-refractivity contribution in [1.29, 1.82) is 5.26 Å². The molecule has 0 fully saturated rings. The molecule has 0 saturated carbocycles. The van der Waals surface area contributed by atoms with E-state index >= 15 is 0 Å². The highest BCUT2D eigenvalue weighted by molar-refractivity contribution is 6.30. The third kappa shape index (κ3) is 4.13. The first kappa shape index (κ1) is 20.2. The Kier molecular flexibility index (Phi) is 5.91. The molecule has 28 heavy (non-hydrogen) atoms. The van der Waals surface area contributed by atoms with Crippen molar-refractivity contribution in [1.82, 2.24) is 0 Å². The Morgan fingerprint density at radius 3 is 2.61 bits per heavy atom. The molecular weight excluding hydrogens is 366 g/mol. The molecule has 1 unspecified atom stereocenters. The summed E-state index contributed by atoms with van der Waals surface area (Å²) in [5, 5.41) is 9.45. The Hall–Kier alpha value is -2.57. The molecule has 1 aliphatic heterocycles. The summed E-state index contributed by atoms with van der Waals surface area (Å²) in [6.45, 7) is 6.51. The van der Waals surface area contributed by atoms with Gasteiger partial charge in [0.25, 0.3) is 0 Å². The van der Waals surface area contributed by atoms with Gasteiger partial charge in [0, 0.05) is 41.3 Å². The number of fused-ring (bicyclic) bond motifs is 1. The Bertz CT molecular complexity index is 937. The minimum atomic E-state index is -0.100. The molecule has 2 aliphatic rings. The monoisotopic (exact) mass is 391 g/mol. The number of aliphatic imine (C=N–C) groups is 1. The van der Waals surface area contributed by atoms with Gasteiger partial charge in [0.15, 0.2) is 0 Å². The number of anilines is 1. The summed E-state index contributed by atoms with van der Waals surface area (Å²) >= 11 is 6.23. The largest absolute Gasteiger partial charge is 0.347 e. The lowest BCUT2D eigenvalue weighted by molar-refractivity contribution is 0.640. The van der Waals surface area contributed by atoms with Gasteiger partial charge in [-0.15, -0.1) is 0 Å². The van der Waals surface area contributed by atoms with E-state index in [-0.39, 0.29) is 11.5 Å². The summed E-state index contributed by atoms with van der Waals surface area (Å²) in [6, 6.07) is 8.43. The molecule has 1 aromatic rings. The molecule has 1 heterocycles. The molecule has 0 N–H and O–H groups in total. The van der Waals surface area contributed by atoms with Crippen LogP contribution in [0, 0.1) is 11.3 Å². The smallest absolute Gasteiger partial charge is 0.0622 e. The van der Waals surface area contributed by atoms with Gasteiger partial charge in [-0.25, -0.2) is 0 Å². The van der Waals surface area contributed by atoms with Crippen LogP contribution in [0.3, 0.4) is 0 Å². The van der Waals surface area contributed by atoms with Gasteiger partial charge in [0.2, 0.25) is 0 Å². The Morgan fingerprint density at radius 2 is 1.93 bits per heavy atom. The van der Waals surface area contributed by atoms with Gasteiger partial charge in [0.05, 0.1) is 11.8 Å². The molecule has 144 valence electrons. The summed E-state index contributed by atoms with van der Waals surface area (Å²) in [4.78, 5) is 6.88. The maximum Gasteiger partial charge on any atom is 0.0622 e. The van der Waals surface area contributed by atoms with Crippen molar-refractivity contribution in [2.45, 2.75) is 45.1 Å². The molecular formula is C24H26ClN3. The van der Waals surface area contributed by atoms with E-state index in [1.165, 1.54) is 16.9 Å². The van der Waals surface area contributed by atoms with Gasteiger partial charge in [-0.3, -0.25) is 4.99 Å². The van der Waals surface area contributed by atoms with Crippen molar-refractivity contribution in [2.24, 2.45) is 4.99 Å². The summed E-state index contributed by atoms with van der Waals surface area (Å²) in [6.07, 6.45) is 13.9. The van der Waals surface area contributed by atoms with Crippen molar-refractivity contribution in [3.8, 4) is 6.07 Å². The number of hydrogen-bond donors (Lipinski definition) is 0. The molecule has 3 rings (SSSR count).